The van der Waals surface area contributed by atoms with E-state index >= 15 is 0 Å². The molecular formula is C29H37ClN4O2. The summed E-state index contributed by atoms with van der Waals surface area (Å²) in [6.07, 6.45) is 2.29. The Hall–Kier alpha value is -2.64. The molecular weight excluding hydrogens is 472 g/mol. The number of likely N-dealkylation sites (tertiary alicyclic amines) is 1. The normalized spacial score (nSPS) is 15.7. The molecule has 0 spiro atoms. The quantitative estimate of drug-likeness (QED) is 0.329. The number of hydrogen-bond donors (Lipinski definition) is 3. The molecule has 4 rings (SSSR count). The van der Waals surface area contributed by atoms with Crippen LogP contribution in [0.5, 0.6) is 0 Å². The Morgan fingerprint density at radius 2 is 1.83 bits per heavy atom. The molecule has 3 N–H and O–H groups in total. The van der Waals surface area contributed by atoms with Gasteiger partial charge in [0.05, 0.1) is 17.1 Å². The van der Waals surface area contributed by atoms with Crippen LogP contribution in [0.3, 0.4) is 0 Å². The van der Waals surface area contributed by atoms with E-state index in [9.17, 15) is 4.79 Å². The third-order valence-corrected chi connectivity index (χ3v) is 7.21. The lowest BCUT2D eigenvalue weighted by Crippen LogP contribution is -2.43. The van der Waals surface area contributed by atoms with E-state index in [0.29, 0.717) is 35.5 Å². The minimum Gasteiger partial charge on any atom is -0.460 e. The van der Waals surface area contributed by atoms with Crippen LogP contribution in [0.4, 0.5) is 0 Å². The van der Waals surface area contributed by atoms with Crippen molar-refractivity contribution in [1.29, 1.82) is 0 Å². The summed E-state index contributed by atoms with van der Waals surface area (Å²) in [5.41, 5.74) is 3.77. The maximum Gasteiger partial charge on any atom is 0.252 e. The van der Waals surface area contributed by atoms with Crippen molar-refractivity contribution in [3.8, 4) is 11.3 Å². The van der Waals surface area contributed by atoms with E-state index in [0.717, 1.165) is 43.8 Å². The molecule has 3 aromatic rings. The van der Waals surface area contributed by atoms with Gasteiger partial charge in [0.15, 0.2) is 0 Å². The zero-order valence-corrected chi connectivity index (χ0v) is 22.2. The Labute approximate surface area is 219 Å². The van der Waals surface area contributed by atoms with Crippen molar-refractivity contribution in [2.45, 2.75) is 45.3 Å². The van der Waals surface area contributed by atoms with Crippen LogP contribution in [0.1, 0.15) is 53.1 Å². The molecule has 7 heteroatoms. The minimum atomic E-state index is -0.174. The average molecular weight is 509 g/mol. The second kappa shape index (κ2) is 12.5. The molecule has 2 aromatic carbocycles. The lowest BCUT2D eigenvalue weighted by molar-refractivity contribution is 0.0953. The lowest BCUT2D eigenvalue weighted by atomic mass is 10.1. The number of aryl methyl sites for hydroxylation is 1. The number of rotatable bonds is 10. The maximum atomic E-state index is 12.8. The van der Waals surface area contributed by atoms with Gasteiger partial charge in [-0.05, 0) is 82.7 Å². The van der Waals surface area contributed by atoms with Gasteiger partial charge < -0.3 is 25.3 Å². The first-order valence-electron chi connectivity index (χ1n) is 12.8. The fourth-order valence-corrected chi connectivity index (χ4v) is 4.67. The Kier molecular flexibility index (Phi) is 9.21. The van der Waals surface area contributed by atoms with E-state index in [1.807, 2.05) is 18.2 Å². The monoisotopic (exact) mass is 508 g/mol. The molecule has 0 radical (unpaired) electrons. The molecule has 2 heterocycles. The first kappa shape index (κ1) is 26.4. The Morgan fingerprint density at radius 3 is 2.58 bits per heavy atom. The molecule has 6 nitrogen and oxygen atoms in total. The fourth-order valence-electron chi connectivity index (χ4n) is 4.47. The Bertz CT molecular complexity index is 1140. The number of benzene rings is 2. The summed E-state index contributed by atoms with van der Waals surface area (Å²) in [5.74, 6) is 1.38. The first-order chi connectivity index (χ1) is 17.4. The van der Waals surface area contributed by atoms with Crippen LogP contribution in [0.15, 0.2) is 59.0 Å². The number of hydrogen-bond acceptors (Lipinski definition) is 5. The SMILES string of the molecule is Cc1ccc([C@@H](C)NCc2ccc(-c3ccc(Cl)c(C(=O)NCCNC4CCN(C)CC4)c3)o2)cc1. The van der Waals surface area contributed by atoms with E-state index in [1.165, 1.54) is 11.1 Å². The van der Waals surface area contributed by atoms with Gasteiger partial charge in [0.25, 0.3) is 5.91 Å². The Morgan fingerprint density at radius 1 is 1.08 bits per heavy atom. The highest BCUT2D eigenvalue weighted by molar-refractivity contribution is 6.34. The molecule has 0 unspecified atom stereocenters. The Balaban J connectivity index is 1.29. The molecule has 1 atom stereocenters. The van der Waals surface area contributed by atoms with Crippen molar-refractivity contribution < 1.29 is 9.21 Å². The van der Waals surface area contributed by atoms with Gasteiger partial charge in [-0.1, -0.05) is 41.4 Å². The maximum absolute atomic E-state index is 12.8. The highest BCUT2D eigenvalue weighted by Gasteiger charge is 2.17. The van der Waals surface area contributed by atoms with Gasteiger partial charge in [-0.25, -0.2) is 0 Å². The predicted octanol–water partition coefficient (Wildman–Crippen LogP) is 5.17. The number of carbonyl (C=O) groups excluding carboxylic acids is 1. The number of furan rings is 1. The van der Waals surface area contributed by atoms with Gasteiger partial charge in [-0.2, -0.15) is 0 Å². The molecule has 1 aliphatic rings. The van der Waals surface area contributed by atoms with Crippen LogP contribution in [0.2, 0.25) is 5.02 Å². The fraction of sp³-hybridized carbons (Fsp3) is 0.414. The van der Waals surface area contributed by atoms with Crippen LogP contribution in [-0.2, 0) is 6.54 Å². The van der Waals surface area contributed by atoms with Gasteiger partial charge in [0, 0.05) is 30.7 Å². The summed E-state index contributed by atoms with van der Waals surface area (Å²) in [6, 6.07) is 18.6. The van der Waals surface area contributed by atoms with Crippen molar-refractivity contribution in [2.24, 2.45) is 0 Å². The summed E-state index contributed by atoms with van der Waals surface area (Å²) >= 11 is 6.36. The largest absolute Gasteiger partial charge is 0.460 e. The van der Waals surface area contributed by atoms with Crippen LogP contribution < -0.4 is 16.0 Å². The summed E-state index contributed by atoms with van der Waals surface area (Å²) < 4.78 is 6.07. The summed E-state index contributed by atoms with van der Waals surface area (Å²) in [7, 11) is 2.15. The van der Waals surface area contributed by atoms with E-state index in [-0.39, 0.29) is 11.9 Å². The van der Waals surface area contributed by atoms with Gasteiger partial charge in [-0.15, -0.1) is 0 Å². The third kappa shape index (κ3) is 7.20. The van der Waals surface area contributed by atoms with Crippen molar-refractivity contribution in [2.75, 3.05) is 33.2 Å². The second-order valence-electron chi connectivity index (χ2n) is 9.76. The van der Waals surface area contributed by atoms with E-state index in [4.69, 9.17) is 16.0 Å². The minimum absolute atomic E-state index is 0.174. The summed E-state index contributed by atoms with van der Waals surface area (Å²) in [6.45, 7) is 8.37. The number of nitrogens with one attached hydrogen (secondary N) is 3. The van der Waals surface area contributed by atoms with Crippen molar-refractivity contribution in [3.63, 3.8) is 0 Å². The topological polar surface area (TPSA) is 69.5 Å². The molecule has 192 valence electrons. The molecule has 1 saturated heterocycles. The van der Waals surface area contributed by atoms with Crippen molar-refractivity contribution in [3.05, 3.63) is 82.1 Å². The van der Waals surface area contributed by atoms with Gasteiger partial charge >= 0.3 is 0 Å². The first-order valence-corrected chi connectivity index (χ1v) is 13.2. The highest BCUT2D eigenvalue weighted by Crippen LogP contribution is 2.27. The highest BCUT2D eigenvalue weighted by atomic mass is 35.5. The zero-order valence-electron chi connectivity index (χ0n) is 21.4. The van der Waals surface area contributed by atoms with E-state index in [1.54, 1.807) is 12.1 Å². The third-order valence-electron chi connectivity index (χ3n) is 6.88. The number of amides is 1. The predicted molar refractivity (Wildman–Crippen MR) is 146 cm³/mol. The van der Waals surface area contributed by atoms with Crippen molar-refractivity contribution in [1.82, 2.24) is 20.9 Å². The van der Waals surface area contributed by atoms with Crippen LogP contribution in [0, 0.1) is 6.92 Å². The lowest BCUT2D eigenvalue weighted by Gasteiger charge is -2.29. The standard InChI is InChI=1S/C29H37ClN4O2/c1-20-4-6-22(7-5-20)21(2)33-19-25-9-11-28(36-25)23-8-10-27(30)26(18-23)29(35)32-15-14-31-24-12-16-34(3)17-13-24/h4-11,18,21,24,31,33H,12-17,19H2,1-3H3,(H,32,35)/t21-/m1/s1. The molecule has 1 aliphatic heterocycles. The molecule has 0 saturated carbocycles. The molecule has 0 bridgehead atoms. The summed E-state index contributed by atoms with van der Waals surface area (Å²) in [5, 5.41) is 10.5. The van der Waals surface area contributed by atoms with Crippen LogP contribution in [0.25, 0.3) is 11.3 Å². The molecule has 1 fully saturated rings. The second-order valence-corrected chi connectivity index (χ2v) is 10.2. The number of carbonyl (C=O) groups is 1. The van der Waals surface area contributed by atoms with Gasteiger partial charge in [-0.3, -0.25) is 4.79 Å². The van der Waals surface area contributed by atoms with E-state index < -0.39 is 0 Å². The molecule has 1 amide bonds. The number of piperidine rings is 1. The molecule has 36 heavy (non-hydrogen) atoms. The van der Waals surface area contributed by atoms with Crippen LogP contribution in [-0.4, -0.2) is 50.1 Å². The van der Waals surface area contributed by atoms with E-state index in [2.05, 4.69) is 66.0 Å². The summed E-state index contributed by atoms with van der Waals surface area (Å²) in [4.78, 5) is 15.2. The number of halogens is 1. The van der Waals surface area contributed by atoms with Gasteiger partial charge in [0.1, 0.15) is 11.5 Å². The zero-order chi connectivity index (χ0) is 25.5. The van der Waals surface area contributed by atoms with Crippen LogP contribution >= 0.6 is 11.6 Å². The van der Waals surface area contributed by atoms with Gasteiger partial charge in [0.2, 0.25) is 0 Å². The van der Waals surface area contributed by atoms with Crippen molar-refractivity contribution >= 4 is 17.5 Å². The smallest absolute Gasteiger partial charge is 0.252 e. The average Bonchev–Trinajstić information content (AvgIpc) is 3.36. The molecule has 1 aromatic heterocycles. The number of nitrogens with zero attached hydrogens (tertiary/aromatic N) is 1. The molecule has 0 aliphatic carbocycles.